The van der Waals surface area contributed by atoms with Crippen LogP contribution in [0.5, 0.6) is 0 Å². The van der Waals surface area contributed by atoms with E-state index in [4.69, 9.17) is 0 Å². The Morgan fingerprint density at radius 2 is 1.72 bits per heavy atom. The molecule has 0 aliphatic carbocycles. The summed E-state index contributed by atoms with van der Waals surface area (Å²) in [6.45, 7) is 2.06. The first kappa shape index (κ1) is 21.0. The smallest absolute Gasteiger partial charge is 0.266 e. The molecule has 1 aliphatic rings. The molecule has 29 heavy (non-hydrogen) atoms. The Balaban J connectivity index is 2.07. The molecule has 0 aromatic heterocycles. The average Bonchev–Trinajstić information content (AvgIpc) is 2.66. The highest BCUT2D eigenvalue weighted by Crippen LogP contribution is 2.34. The Morgan fingerprint density at radius 3 is 2.34 bits per heavy atom. The maximum Gasteiger partial charge on any atom is 0.525 e. The van der Waals surface area contributed by atoms with E-state index in [0.29, 0.717) is 5.39 Å². The third-order valence-corrected chi connectivity index (χ3v) is 5.29. The number of rotatable bonds is 6. The quantitative estimate of drug-likeness (QED) is 0.387. The SMILES string of the molecule is CCCC/C=C/c1ccc2c3c(cccc13)C(=O)N(OS(=O)(=O)C(F)(F)F)C2=O. The Hall–Kier alpha value is -2.72. The van der Waals surface area contributed by atoms with Gasteiger partial charge in [-0.3, -0.25) is 9.59 Å². The van der Waals surface area contributed by atoms with E-state index in [2.05, 4.69) is 11.2 Å². The second kappa shape index (κ2) is 7.60. The number of amides is 2. The molecule has 0 saturated carbocycles. The summed E-state index contributed by atoms with van der Waals surface area (Å²) in [4.78, 5) is 25.1. The van der Waals surface area contributed by atoms with Crippen molar-refractivity contribution < 1.29 is 35.5 Å². The standard InChI is InChI=1S/C19H16F3NO5S/c1-2-3-4-5-7-12-10-11-15-16-13(12)8-6-9-14(16)17(24)23(18(15)25)28-29(26,27)19(20,21)22/h5-11H,2-4H2,1H3/b7-5+. The van der Waals surface area contributed by atoms with E-state index in [1.54, 1.807) is 12.1 Å². The van der Waals surface area contributed by atoms with Gasteiger partial charge >= 0.3 is 15.6 Å². The molecule has 0 fully saturated rings. The minimum atomic E-state index is -6.19. The molecule has 3 rings (SSSR count). The van der Waals surface area contributed by atoms with Crippen LogP contribution in [0.3, 0.4) is 0 Å². The molecule has 1 aliphatic heterocycles. The first-order chi connectivity index (χ1) is 13.6. The van der Waals surface area contributed by atoms with Gasteiger partial charge in [0, 0.05) is 5.39 Å². The second-order valence-corrected chi connectivity index (χ2v) is 7.87. The molecule has 0 radical (unpaired) electrons. The van der Waals surface area contributed by atoms with Gasteiger partial charge in [-0.2, -0.15) is 21.6 Å². The van der Waals surface area contributed by atoms with Crippen molar-refractivity contribution in [2.75, 3.05) is 0 Å². The van der Waals surface area contributed by atoms with Gasteiger partial charge < -0.3 is 0 Å². The largest absolute Gasteiger partial charge is 0.525 e. The van der Waals surface area contributed by atoms with Crippen LogP contribution < -0.4 is 0 Å². The molecule has 2 aromatic rings. The zero-order valence-corrected chi connectivity index (χ0v) is 16.0. The number of hydrogen-bond acceptors (Lipinski definition) is 5. The van der Waals surface area contributed by atoms with E-state index in [1.807, 2.05) is 12.2 Å². The highest BCUT2D eigenvalue weighted by atomic mass is 32.2. The van der Waals surface area contributed by atoms with E-state index in [9.17, 15) is 31.2 Å². The molecule has 10 heteroatoms. The van der Waals surface area contributed by atoms with Gasteiger partial charge in [0.05, 0.1) is 11.1 Å². The molecule has 0 unspecified atom stereocenters. The second-order valence-electron chi connectivity index (χ2n) is 6.35. The lowest BCUT2D eigenvalue weighted by Gasteiger charge is -2.26. The lowest BCUT2D eigenvalue weighted by atomic mass is 9.92. The maximum absolute atomic E-state index is 12.6. The summed E-state index contributed by atoms with van der Waals surface area (Å²) in [6.07, 6.45) is 6.65. The predicted molar refractivity (Wildman–Crippen MR) is 99.1 cm³/mol. The van der Waals surface area contributed by atoms with Crippen LogP contribution >= 0.6 is 0 Å². The predicted octanol–water partition coefficient (Wildman–Crippen LogP) is 4.42. The van der Waals surface area contributed by atoms with Gasteiger partial charge in [-0.15, -0.1) is 9.35 Å². The molecule has 0 atom stereocenters. The van der Waals surface area contributed by atoms with Gasteiger partial charge in [-0.05, 0) is 29.5 Å². The van der Waals surface area contributed by atoms with Crippen LogP contribution in [-0.4, -0.2) is 30.8 Å². The molecule has 0 N–H and O–H groups in total. The summed E-state index contributed by atoms with van der Waals surface area (Å²) in [5.41, 5.74) is -5.32. The number of carbonyl (C=O) groups excluding carboxylic acids is 2. The van der Waals surface area contributed by atoms with Crippen LogP contribution in [0.15, 0.2) is 36.4 Å². The van der Waals surface area contributed by atoms with Crippen LogP contribution in [0.1, 0.15) is 52.5 Å². The van der Waals surface area contributed by atoms with Crippen molar-refractivity contribution in [3.8, 4) is 0 Å². The number of halogens is 3. The van der Waals surface area contributed by atoms with Gasteiger partial charge in [0.1, 0.15) is 0 Å². The molecule has 154 valence electrons. The van der Waals surface area contributed by atoms with E-state index < -0.39 is 27.4 Å². The summed E-state index contributed by atoms with van der Waals surface area (Å²) in [6, 6.07) is 7.37. The van der Waals surface area contributed by atoms with Crippen molar-refractivity contribution in [1.29, 1.82) is 0 Å². The normalized spacial score (nSPS) is 15.0. The van der Waals surface area contributed by atoms with Crippen LogP contribution in [-0.2, 0) is 14.4 Å². The Labute approximate surface area is 164 Å². The average molecular weight is 427 g/mol. The van der Waals surface area contributed by atoms with Crippen LogP contribution in [0.25, 0.3) is 16.8 Å². The van der Waals surface area contributed by atoms with Gasteiger partial charge in [0.15, 0.2) is 0 Å². The number of nitrogens with zero attached hydrogens (tertiary/aromatic N) is 1. The monoisotopic (exact) mass is 427 g/mol. The fourth-order valence-electron chi connectivity index (χ4n) is 2.98. The number of hydroxylamine groups is 2. The van der Waals surface area contributed by atoms with Gasteiger partial charge in [0.2, 0.25) is 0 Å². The van der Waals surface area contributed by atoms with E-state index in [1.165, 1.54) is 18.2 Å². The summed E-state index contributed by atoms with van der Waals surface area (Å²) in [7, 11) is -6.19. The molecule has 2 amide bonds. The number of unbranched alkanes of at least 4 members (excludes halogenated alkanes) is 2. The Morgan fingerprint density at radius 1 is 1.07 bits per heavy atom. The van der Waals surface area contributed by atoms with Crippen molar-refractivity contribution in [3.63, 3.8) is 0 Å². The lowest BCUT2D eigenvalue weighted by Crippen LogP contribution is -2.44. The summed E-state index contributed by atoms with van der Waals surface area (Å²) in [5.74, 6) is -2.57. The van der Waals surface area contributed by atoms with E-state index >= 15 is 0 Å². The molecular weight excluding hydrogens is 411 g/mol. The molecule has 0 saturated heterocycles. The maximum atomic E-state index is 12.6. The van der Waals surface area contributed by atoms with Crippen LogP contribution in [0.4, 0.5) is 13.2 Å². The van der Waals surface area contributed by atoms with E-state index in [-0.39, 0.29) is 21.6 Å². The van der Waals surface area contributed by atoms with Crippen LogP contribution in [0.2, 0.25) is 0 Å². The molecule has 6 nitrogen and oxygen atoms in total. The first-order valence-corrected chi connectivity index (χ1v) is 10.1. The fourth-order valence-corrected chi connectivity index (χ4v) is 3.40. The van der Waals surface area contributed by atoms with Gasteiger partial charge in [-0.1, -0.05) is 50.1 Å². The third-order valence-electron chi connectivity index (χ3n) is 4.38. The molecule has 0 spiro atoms. The number of imide groups is 1. The number of benzene rings is 2. The summed E-state index contributed by atoms with van der Waals surface area (Å²) >= 11 is 0. The first-order valence-electron chi connectivity index (χ1n) is 8.70. The number of allylic oxidation sites excluding steroid dienone is 1. The molecule has 0 bridgehead atoms. The van der Waals surface area contributed by atoms with Gasteiger partial charge in [-0.25, -0.2) is 0 Å². The highest BCUT2D eigenvalue weighted by molar-refractivity contribution is 7.87. The molecular formula is C19H16F3NO5S. The van der Waals surface area contributed by atoms with Crippen molar-refractivity contribution in [3.05, 3.63) is 53.1 Å². The third kappa shape index (κ3) is 3.77. The molecule has 2 aromatic carbocycles. The van der Waals surface area contributed by atoms with Crippen molar-refractivity contribution in [2.24, 2.45) is 0 Å². The zero-order valence-electron chi connectivity index (χ0n) is 15.2. The topological polar surface area (TPSA) is 80.8 Å². The Bertz CT molecular complexity index is 1100. The highest BCUT2D eigenvalue weighted by Gasteiger charge is 2.51. The van der Waals surface area contributed by atoms with Crippen LogP contribution in [0, 0.1) is 0 Å². The minimum absolute atomic E-state index is 0.127. The number of alkyl halides is 3. The lowest BCUT2D eigenvalue weighted by molar-refractivity contribution is -0.0761. The summed E-state index contributed by atoms with van der Waals surface area (Å²) in [5, 5.41) is 0.425. The number of hydrogen-bond donors (Lipinski definition) is 0. The Kier molecular flexibility index (Phi) is 5.50. The number of carbonyl (C=O) groups is 2. The van der Waals surface area contributed by atoms with E-state index in [0.717, 1.165) is 24.8 Å². The van der Waals surface area contributed by atoms with Crippen molar-refractivity contribution >= 4 is 38.8 Å². The van der Waals surface area contributed by atoms with Crippen molar-refractivity contribution in [1.82, 2.24) is 5.06 Å². The molecule has 1 heterocycles. The minimum Gasteiger partial charge on any atom is -0.266 e. The van der Waals surface area contributed by atoms with Gasteiger partial charge in [0.25, 0.3) is 11.8 Å². The summed E-state index contributed by atoms with van der Waals surface area (Å²) < 4.78 is 64.3. The zero-order chi connectivity index (χ0) is 21.4. The fraction of sp³-hybridized carbons (Fsp3) is 0.263. The van der Waals surface area contributed by atoms with Crippen molar-refractivity contribution in [2.45, 2.75) is 31.7 Å².